The summed E-state index contributed by atoms with van der Waals surface area (Å²) in [5.41, 5.74) is 2.93. The highest BCUT2D eigenvalue weighted by Gasteiger charge is 2.06. The Hall–Kier alpha value is -2.92. The first kappa shape index (κ1) is 19.8. The highest BCUT2D eigenvalue weighted by molar-refractivity contribution is 7.09. The van der Waals surface area contributed by atoms with Crippen LogP contribution in [-0.4, -0.2) is 11.8 Å². The van der Waals surface area contributed by atoms with Gasteiger partial charge in [0.05, 0.1) is 13.0 Å². The number of amides is 2. The minimum Gasteiger partial charge on any atom is -0.351 e. The molecule has 0 unspecified atom stereocenters. The number of rotatable bonds is 9. The highest BCUT2D eigenvalue weighted by atomic mass is 32.1. The normalized spacial score (nSPS) is 10.4. The summed E-state index contributed by atoms with van der Waals surface area (Å²) < 4.78 is 0. The van der Waals surface area contributed by atoms with Gasteiger partial charge >= 0.3 is 0 Å². The Bertz CT molecular complexity index is 875. The first-order valence-electron chi connectivity index (χ1n) is 9.41. The molecule has 4 nitrogen and oxygen atoms in total. The summed E-state index contributed by atoms with van der Waals surface area (Å²) >= 11 is 1.63. The van der Waals surface area contributed by atoms with Crippen LogP contribution in [0.5, 0.6) is 0 Å². The first-order chi connectivity index (χ1) is 13.7. The standard InChI is InChI=1S/C23H24N2O2S/c26-22(10-4-8-18-6-2-1-3-7-18)25-20-13-11-19(12-14-20)16-23(27)24-17-21-9-5-15-28-21/h1-3,5-7,9,11-15H,4,8,10,16-17H2,(H,24,27)(H,25,26). The molecule has 1 heterocycles. The molecule has 0 aliphatic rings. The van der Waals surface area contributed by atoms with E-state index in [1.807, 2.05) is 60.0 Å². The Kier molecular flexibility index (Phi) is 7.38. The molecule has 3 rings (SSSR count). The molecule has 1 aromatic heterocycles. The van der Waals surface area contributed by atoms with Crippen LogP contribution in [0.25, 0.3) is 0 Å². The number of anilines is 1. The monoisotopic (exact) mass is 392 g/mol. The second-order valence-corrected chi connectivity index (χ2v) is 7.65. The van der Waals surface area contributed by atoms with Gasteiger partial charge in [0, 0.05) is 17.0 Å². The van der Waals surface area contributed by atoms with Crippen LogP contribution in [0.15, 0.2) is 72.1 Å². The maximum absolute atomic E-state index is 12.1. The van der Waals surface area contributed by atoms with Gasteiger partial charge in [-0.25, -0.2) is 0 Å². The molecule has 0 spiro atoms. The summed E-state index contributed by atoms with van der Waals surface area (Å²) in [4.78, 5) is 25.3. The van der Waals surface area contributed by atoms with E-state index in [1.165, 1.54) is 5.56 Å². The molecule has 2 amide bonds. The first-order valence-corrected chi connectivity index (χ1v) is 10.3. The summed E-state index contributed by atoms with van der Waals surface area (Å²) in [6.07, 6.45) is 2.53. The average Bonchev–Trinajstić information content (AvgIpc) is 3.22. The minimum absolute atomic E-state index is 0.00824. The summed E-state index contributed by atoms with van der Waals surface area (Å²) in [5, 5.41) is 7.83. The van der Waals surface area contributed by atoms with Crippen molar-refractivity contribution in [2.45, 2.75) is 32.2 Å². The van der Waals surface area contributed by atoms with Crippen LogP contribution in [0.2, 0.25) is 0 Å². The van der Waals surface area contributed by atoms with Crippen LogP contribution in [0.1, 0.15) is 28.8 Å². The number of thiophene rings is 1. The van der Waals surface area contributed by atoms with Crippen LogP contribution in [0.4, 0.5) is 5.69 Å². The van der Waals surface area contributed by atoms with Gasteiger partial charge in [0.15, 0.2) is 0 Å². The van der Waals surface area contributed by atoms with Gasteiger partial charge in [0.2, 0.25) is 11.8 Å². The number of benzene rings is 2. The second-order valence-electron chi connectivity index (χ2n) is 6.62. The van der Waals surface area contributed by atoms with E-state index in [1.54, 1.807) is 11.3 Å². The lowest BCUT2D eigenvalue weighted by atomic mass is 10.1. The van der Waals surface area contributed by atoms with Gasteiger partial charge in [-0.15, -0.1) is 11.3 Å². The van der Waals surface area contributed by atoms with E-state index in [4.69, 9.17) is 0 Å². The molecule has 0 radical (unpaired) electrons. The SMILES string of the molecule is O=C(Cc1ccc(NC(=O)CCCc2ccccc2)cc1)NCc1cccs1. The van der Waals surface area contributed by atoms with Crippen molar-refractivity contribution in [3.05, 3.63) is 88.1 Å². The van der Waals surface area contributed by atoms with E-state index in [-0.39, 0.29) is 11.8 Å². The van der Waals surface area contributed by atoms with E-state index in [0.717, 1.165) is 29.0 Å². The number of hydrogen-bond donors (Lipinski definition) is 2. The third-order valence-electron chi connectivity index (χ3n) is 4.35. The van der Waals surface area contributed by atoms with Gasteiger partial charge < -0.3 is 10.6 Å². The summed E-state index contributed by atoms with van der Waals surface area (Å²) in [5.74, 6) is 0.00321. The van der Waals surface area contributed by atoms with Gasteiger partial charge in [-0.2, -0.15) is 0 Å². The molecule has 28 heavy (non-hydrogen) atoms. The summed E-state index contributed by atoms with van der Waals surface area (Å²) in [6.45, 7) is 0.563. The molecular weight excluding hydrogens is 368 g/mol. The fourth-order valence-corrected chi connectivity index (χ4v) is 3.52. The molecular formula is C23H24N2O2S. The molecule has 0 atom stereocenters. The van der Waals surface area contributed by atoms with E-state index in [0.29, 0.717) is 19.4 Å². The maximum Gasteiger partial charge on any atom is 0.224 e. The van der Waals surface area contributed by atoms with Crippen LogP contribution in [0.3, 0.4) is 0 Å². The van der Waals surface area contributed by atoms with Gasteiger partial charge in [0.1, 0.15) is 0 Å². The molecule has 3 aromatic rings. The number of hydrogen-bond acceptors (Lipinski definition) is 3. The lowest BCUT2D eigenvalue weighted by molar-refractivity contribution is -0.120. The smallest absolute Gasteiger partial charge is 0.224 e. The van der Waals surface area contributed by atoms with Crippen molar-refractivity contribution in [1.29, 1.82) is 0 Å². The largest absolute Gasteiger partial charge is 0.351 e. The molecule has 0 aliphatic carbocycles. The predicted molar refractivity (Wildman–Crippen MR) is 114 cm³/mol. The minimum atomic E-state index is -0.00824. The summed E-state index contributed by atoms with van der Waals surface area (Å²) in [6, 6.07) is 21.6. The zero-order valence-corrected chi connectivity index (χ0v) is 16.5. The number of carbonyl (C=O) groups excluding carboxylic acids is 2. The van der Waals surface area contributed by atoms with E-state index >= 15 is 0 Å². The molecule has 0 saturated heterocycles. The molecule has 0 bridgehead atoms. The van der Waals surface area contributed by atoms with Gasteiger partial charge in [-0.1, -0.05) is 48.5 Å². The van der Waals surface area contributed by atoms with Crippen LogP contribution in [0, 0.1) is 0 Å². The Morgan fingerprint density at radius 1 is 0.821 bits per heavy atom. The van der Waals surface area contributed by atoms with Crippen molar-refractivity contribution in [3.63, 3.8) is 0 Å². The van der Waals surface area contributed by atoms with Crippen LogP contribution in [-0.2, 0) is 29.0 Å². The Morgan fingerprint density at radius 3 is 2.32 bits per heavy atom. The molecule has 0 aliphatic heterocycles. The van der Waals surface area contributed by atoms with Gasteiger partial charge in [0.25, 0.3) is 0 Å². The van der Waals surface area contributed by atoms with E-state index in [2.05, 4.69) is 22.8 Å². The number of carbonyl (C=O) groups is 2. The van der Waals surface area contributed by atoms with E-state index < -0.39 is 0 Å². The Morgan fingerprint density at radius 2 is 1.61 bits per heavy atom. The molecule has 0 saturated carbocycles. The lowest BCUT2D eigenvalue weighted by Gasteiger charge is -2.07. The van der Waals surface area contributed by atoms with Crippen LogP contribution < -0.4 is 10.6 Å². The maximum atomic E-state index is 12.1. The van der Waals surface area contributed by atoms with Crippen molar-refractivity contribution >= 4 is 28.8 Å². The topological polar surface area (TPSA) is 58.2 Å². The Labute approximate surface area is 169 Å². The highest BCUT2D eigenvalue weighted by Crippen LogP contribution is 2.12. The molecule has 2 N–H and O–H groups in total. The quantitative estimate of drug-likeness (QED) is 0.560. The molecule has 2 aromatic carbocycles. The van der Waals surface area contributed by atoms with Crippen molar-refractivity contribution in [1.82, 2.24) is 5.32 Å². The second kappa shape index (κ2) is 10.4. The number of nitrogens with one attached hydrogen (secondary N) is 2. The van der Waals surface area contributed by atoms with Crippen molar-refractivity contribution < 1.29 is 9.59 Å². The van der Waals surface area contributed by atoms with Crippen molar-refractivity contribution in [2.24, 2.45) is 0 Å². The van der Waals surface area contributed by atoms with Gasteiger partial charge in [-0.05, 0) is 47.5 Å². The fourth-order valence-electron chi connectivity index (χ4n) is 2.87. The van der Waals surface area contributed by atoms with Crippen LogP contribution >= 0.6 is 11.3 Å². The molecule has 144 valence electrons. The third kappa shape index (κ3) is 6.67. The summed E-state index contributed by atoms with van der Waals surface area (Å²) in [7, 11) is 0. The fraction of sp³-hybridized carbons (Fsp3) is 0.217. The average molecular weight is 393 g/mol. The van der Waals surface area contributed by atoms with Crippen molar-refractivity contribution in [3.8, 4) is 0 Å². The number of aryl methyl sites for hydroxylation is 1. The zero-order chi connectivity index (χ0) is 19.6. The zero-order valence-electron chi connectivity index (χ0n) is 15.7. The lowest BCUT2D eigenvalue weighted by Crippen LogP contribution is -2.24. The Balaban J connectivity index is 1.38. The predicted octanol–water partition coefficient (Wildman–Crippen LogP) is 4.57. The molecule has 5 heteroatoms. The van der Waals surface area contributed by atoms with Crippen molar-refractivity contribution in [2.75, 3.05) is 5.32 Å². The molecule has 0 fully saturated rings. The third-order valence-corrected chi connectivity index (χ3v) is 5.23. The van der Waals surface area contributed by atoms with Gasteiger partial charge in [-0.3, -0.25) is 9.59 Å². The van der Waals surface area contributed by atoms with E-state index in [9.17, 15) is 9.59 Å².